The minimum absolute atomic E-state index is 0.153. The first-order valence-corrected chi connectivity index (χ1v) is 5.67. The maximum absolute atomic E-state index is 11.3. The Morgan fingerprint density at radius 3 is 2.50 bits per heavy atom. The highest BCUT2D eigenvalue weighted by Gasteiger charge is 2.35. The van der Waals surface area contributed by atoms with Crippen LogP contribution in [0, 0.1) is 0 Å². The van der Waals surface area contributed by atoms with E-state index in [2.05, 4.69) is 5.32 Å². The van der Waals surface area contributed by atoms with Crippen molar-refractivity contribution in [1.29, 1.82) is 0 Å². The van der Waals surface area contributed by atoms with E-state index in [-0.39, 0.29) is 23.5 Å². The maximum atomic E-state index is 11.3. The Kier molecular flexibility index (Phi) is 2.99. The smallest absolute Gasteiger partial charge is 0.240 e. The van der Waals surface area contributed by atoms with E-state index in [1.165, 1.54) is 0 Å². The highest BCUT2D eigenvalue weighted by atomic mass is 16.5. The largest absolute Gasteiger partial charge is 0.375 e. The van der Waals surface area contributed by atoms with Gasteiger partial charge in [0.05, 0.1) is 18.7 Å². The first-order chi connectivity index (χ1) is 7.46. The van der Waals surface area contributed by atoms with Crippen LogP contribution in [0.5, 0.6) is 0 Å². The molecule has 0 bridgehead atoms. The molecule has 0 aliphatic carbocycles. The minimum atomic E-state index is -0.194. The van der Waals surface area contributed by atoms with Gasteiger partial charge in [-0.25, -0.2) is 0 Å². The van der Waals surface area contributed by atoms with Gasteiger partial charge in [-0.1, -0.05) is 0 Å². The summed E-state index contributed by atoms with van der Waals surface area (Å²) in [5, 5.41) is 2.32. The number of rotatable bonds is 1. The van der Waals surface area contributed by atoms with Crippen LogP contribution < -0.4 is 5.32 Å². The van der Waals surface area contributed by atoms with Crippen LogP contribution in [-0.4, -0.2) is 48.1 Å². The van der Waals surface area contributed by atoms with Crippen molar-refractivity contribution in [3.8, 4) is 0 Å². The van der Waals surface area contributed by atoms with Crippen LogP contribution in [0.25, 0.3) is 0 Å². The predicted octanol–water partition coefficient (Wildman–Crippen LogP) is -0.0976. The van der Waals surface area contributed by atoms with Crippen LogP contribution >= 0.6 is 0 Å². The van der Waals surface area contributed by atoms with Gasteiger partial charge in [0.1, 0.15) is 0 Å². The van der Waals surface area contributed by atoms with Crippen molar-refractivity contribution in [3.63, 3.8) is 0 Å². The zero-order valence-electron chi connectivity index (χ0n) is 9.78. The van der Waals surface area contributed by atoms with Gasteiger partial charge in [0.25, 0.3) is 0 Å². The molecule has 0 spiro atoms. The van der Waals surface area contributed by atoms with Crippen LogP contribution in [0.1, 0.15) is 26.7 Å². The van der Waals surface area contributed by atoms with Gasteiger partial charge in [-0.2, -0.15) is 0 Å². The Morgan fingerprint density at radius 1 is 1.31 bits per heavy atom. The van der Waals surface area contributed by atoms with Crippen molar-refractivity contribution in [2.45, 2.75) is 38.3 Å². The Balaban J connectivity index is 2.01. The third-order valence-corrected chi connectivity index (χ3v) is 3.16. The minimum Gasteiger partial charge on any atom is -0.375 e. The molecule has 1 atom stereocenters. The fourth-order valence-electron chi connectivity index (χ4n) is 2.43. The molecule has 2 fully saturated rings. The monoisotopic (exact) mass is 226 g/mol. The molecular weight excluding hydrogens is 208 g/mol. The van der Waals surface area contributed by atoms with Crippen molar-refractivity contribution in [2.75, 3.05) is 19.7 Å². The lowest BCUT2D eigenvalue weighted by molar-refractivity contribution is -0.140. The normalized spacial score (nSPS) is 31.2. The van der Waals surface area contributed by atoms with Crippen molar-refractivity contribution in [1.82, 2.24) is 10.2 Å². The molecule has 0 aromatic heterocycles. The molecule has 0 saturated carbocycles. The number of piperazine rings is 1. The molecule has 90 valence electrons. The van der Waals surface area contributed by atoms with Gasteiger partial charge in [0.2, 0.25) is 11.8 Å². The van der Waals surface area contributed by atoms with Gasteiger partial charge in [-0.15, -0.1) is 0 Å². The molecule has 1 unspecified atom stereocenters. The first-order valence-electron chi connectivity index (χ1n) is 5.67. The van der Waals surface area contributed by atoms with Gasteiger partial charge in [-0.05, 0) is 26.7 Å². The number of amides is 2. The van der Waals surface area contributed by atoms with Crippen LogP contribution in [-0.2, 0) is 14.3 Å². The number of nitrogens with one attached hydrogen (secondary N) is 1. The predicted molar refractivity (Wildman–Crippen MR) is 57.8 cm³/mol. The molecule has 0 aromatic rings. The second-order valence-electron chi connectivity index (χ2n) is 5.13. The molecule has 2 amide bonds. The number of imide groups is 1. The molecule has 0 radical (unpaired) electrons. The Morgan fingerprint density at radius 2 is 1.94 bits per heavy atom. The standard InChI is InChI=1S/C11H18N2O3/c1-11(2)5-8(3-4-16-11)13-6-9(14)12-10(15)7-13/h8H,3-7H2,1-2H3,(H,12,14,15). The number of hydrogen-bond donors (Lipinski definition) is 1. The van der Waals surface area contributed by atoms with Gasteiger partial charge in [0, 0.05) is 12.6 Å². The number of nitrogens with zero attached hydrogens (tertiary/aromatic N) is 1. The average Bonchev–Trinajstić information content (AvgIpc) is 2.14. The van der Waals surface area contributed by atoms with E-state index >= 15 is 0 Å². The molecule has 2 aliphatic heterocycles. The zero-order chi connectivity index (χ0) is 11.8. The third-order valence-electron chi connectivity index (χ3n) is 3.16. The van der Waals surface area contributed by atoms with Crippen LogP contribution in [0.2, 0.25) is 0 Å². The Hall–Kier alpha value is -0.940. The highest BCUT2D eigenvalue weighted by molar-refractivity contribution is 5.99. The number of carbonyl (C=O) groups excluding carboxylic acids is 2. The molecule has 16 heavy (non-hydrogen) atoms. The summed E-state index contributed by atoms with van der Waals surface area (Å²) in [6, 6.07) is 0.277. The summed E-state index contributed by atoms with van der Waals surface area (Å²) in [4.78, 5) is 24.5. The fraction of sp³-hybridized carbons (Fsp3) is 0.818. The van der Waals surface area contributed by atoms with E-state index in [9.17, 15) is 9.59 Å². The lowest BCUT2D eigenvalue weighted by atomic mass is 9.92. The van der Waals surface area contributed by atoms with Crippen molar-refractivity contribution in [3.05, 3.63) is 0 Å². The first kappa shape index (κ1) is 11.5. The molecule has 1 N–H and O–H groups in total. The summed E-state index contributed by atoms with van der Waals surface area (Å²) in [6.45, 7) is 5.44. The molecule has 5 nitrogen and oxygen atoms in total. The van der Waals surface area contributed by atoms with Crippen molar-refractivity contribution < 1.29 is 14.3 Å². The zero-order valence-corrected chi connectivity index (χ0v) is 9.78. The molecule has 2 aliphatic rings. The maximum Gasteiger partial charge on any atom is 0.240 e. The van der Waals surface area contributed by atoms with E-state index in [4.69, 9.17) is 4.74 Å². The van der Waals surface area contributed by atoms with Crippen molar-refractivity contribution >= 4 is 11.8 Å². The summed E-state index contributed by atoms with van der Waals surface area (Å²) in [7, 11) is 0. The number of carbonyl (C=O) groups is 2. The van der Waals surface area contributed by atoms with Crippen LogP contribution in [0.15, 0.2) is 0 Å². The van der Waals surface area contributed by atoms with E-state index in [1.807, 2.05) is 18.7 Å². The van der Waals surface area contributed by atoms with E-state index in [0.29, 0.717) is 19.7 Å². The Labute approximate surface area is 95.1 Å². The van der Waals surface area contributed by atoms with Crippen LogP contribution in [0.3, 0.4) is 0 Å². The quantitative estimate of drug-likeness (QED) is 0.634. The van der Waals surface area contributed by atoms with Crippen molar-refractivity contribution in [2.24, 2.45) is 0 Å². The summed E-state index contributed by atoms with van der Waals surface area (Å²) in [5.41, 5.74) is -0.153. The molecular formula is C11H18N2O3. The van der Waals surface area contributed by atoms with Gasteiger partial charge < -0.3 is 4.74 Å². The lowest BCUT2D eigenvalue weighted by Crippen LogP contribution is -2.57. The molecule has 0 aromatic carbocycles. The lowest BCUT2D eigenvalue weighted by Gasteiger charge is -2.41. The topological polar surface area (TPSA) is 58.6 Å². The number of hydrogen-bond acceptors (Lipinski definition) is 4. The fourth-order valence-corrected chi connectivity index (χ4v) is 2.43. The molecule has 5 heteroatoms. The summed E-state index contributed by atoms with van der Waals surface area (Å²) < 4.78 is 5.63. The van der Waals surface area contributed by atoms with E-state index < -0.39 is 0 Å². The molecule has 2 rings (SSSR count). The van der Waals surface area contributed by atoms with Crippen LogP contribution in [0.4, 0.5) is 0 Å². The molecule has 2 heterocycles. The second-order valence-corrected chi connectivity index (χ2v) is 5.13. The SMILES string of the molecule is CC1(C)CC(N2CC(=O)NC(=O)C2)CCO1. The van der Waals surface area contributed by atoms with Gasteiger partial charge in [-0.3, -0.25) is 19.8 Å². The second kappa shape index (κ2) is 4.14. The molecule has 2 saturated heterocycles. The highest BCUT2D eigenvalue weighted by Crippen LogP contribution is 2.27. The summed E-state index contributed by atoms with van der Waals surface area (Å²) in [5.74, 6) is -0.388. The average molecular weight is 226 g/mol. The Bertz CT molecular complexity index is 298. The third kappa shape index (κ3) is 2.59. The van der Waals surface area contributed by atoms with E-state index in [0.717, 1.165) is 12.8 Å². The van der Waals surface area contributed by atoms with Gasteiger partial charge in [0.15, 0.2) is 0 Å². The van der Waals surface area contributed by atoms with Gasteiger partial charge >= 0.3 is 0 Å². The summed E-state index contributed by atoms with van der Waals surface area (Å²) in [6.07, 6.45) is 1.76. The van der Waals surface area contributed by atoms with E-state index in [1.54, 1.807) is 0 Å². The summed E-state index contributed by atoms with van der Waals surface area (Å²) >= 11 is 0. The number of ether oxygens (including phenoxy) is 1.